The smallest absolute Gasteiger partial charge is 0.349 e. The topological polar surface area (TPSA) is 190 Å². The number of unbranched alkanes of at least 4 members (excludes halogenated alkanes) is 2. The second kappa shape index (κ2) is 20.8. The van der Waals surface area contributed by atoms with Gasteiger partial charge in [0.25, 0.3) is 0 Å². The van der Waals surface area contributed by atoms with E-state index in [1.807, 2.05) is 12.1 Å². The Bertz CT molecular complexity index is 1740. The van der Waals surface area contributed by atoms with Gasteiger partial charge >= 0.3 is 23.9 Å². The van der Waals surface area contributed by atoms with Crippen molar-refractivity contribution in [1.82, 2.24) is 0 Å². The van der Waals surface area contributed by atoms with Crippen LogP contribution in [0.3, 0.4) is 0 Å². The Morgan fingerprint density at radius 2 is 1.11 bits per heavy atom. The molecule has 4 atom stereocenters. The van der Waals surface area contributed by atoms with E-state index in [0.717, 1.165) is 6.08 Å². The Morgan fingerprint density at radius 3 is 1.51 bits per heavy atom. The monoisotopic (exact) mass is 728 g/mol. The maximum atomic E-state index is 12.9. The van der Waals surface area contributed by atoms with E-state index >= 15 is 0 Å². The molecule has 0 radical (unpaired) electrons. The molecule has 2 saturated heterocycles. The van der Waals surface area contributed by atoms with Gasteiger partial charge in [0.1, 0.15) is 47.0 Å². The van der Waals surface area contributed by atoms with Crippen molar-refractivity contribution >= 4 is 36.0 Å². The third kappa shape index (κ3) is 12.6. The second-order valence-corrected chi connectivity index (χ2v) is 11.8. The molecule has 0 bridgehead atoms. The number of esters is 4. The van der Waals surface area contributed by atoms with E-state index in [4.69, 9.17) is 37.9 Å². The predicted octanol–water partition coefficient (Wildman–Crippen LogP) is 4.43. The molecule has 0 spiro atoms. The standard InChI is InChI=1S/C39H40N2O12/c1-3-35(43)49-19-7-6-18-48-32-14-10-28(11-15-32)21-30(23-41)39(45)53-34-25-51-36-33(24-50-37(34)36)52-38(44)29(22-40)20-27-8-12-31(13-9-27)47-17-5-4-16-46-26(2)42/h3,8-15,20-21,33-34,36-37H,1,4-7,16-19,24-25H2,2H3/b29-20+,30-21+/t33-,34+,36+,37+/m0/s1. The first-order chi connectivity index (χ1) is 25.7. The molecule has 2 aromatic rings. The quantitative estimate of drug-likeness (QED) is 0.0649. The highest BCUT2D eigenvalue weighted by Gasteiger charge is 2.51. The normalized spacial score (nSPS) is 19.2. The van der Waals surface area contributed by atoms with Crippen LogP contribution in [0.2, 0.25) is 0 Å². The molecular weight excluding hydrogens is 688 g/mol. The van der Waals surface area contributed by atoms with Crippen LogP contribution in [0.1, 0.15) is 43.7 Å². The average Bonchev–Trinajstić information content (AvgIpc) is 3.75. The van der Waals surface area contributed by atoms with Crippen LogP contribution in [0.5, 0.6) is 11.5 Å². The molecule has 0 aromatic heterocycles. The fraction of sp³-hybridized carbons (Fsp3) is 0.385. The number of carbonyl (C=O) groups excluding carboxylic acids is 4. The van der Waals surface area contributed by atoms with Gasteiger partial charge in [0.2, 0.25) is 0 Å². The summed E-state index contributed by atoms with van der Waals surface area (Å²) in [7, 11) is 0. The van der Waals surface area contributed by atoms with Crippen LogP contribution in [0, 0.1) is 22.7 Å². The van der Waals surface area contributed by atoms with Crippen molar-refractivity contribution in [2.45, 2.75) is 57.0 Å². The molecular formula is C39H40N2O12. The maximum absolute atomic E-state index is 12.9. The summed E-state index contributed by atoms with van der Waals surface area (Å²) < 4.78 is 43.8. The highest BCUT2D eigenvalue weighted by Crippen LogP contribution is 2.32. The number of nitrogens with zero attached hydrogens (tertiary/aromatic N) is 2. The summed E-state index contributed by atoms with van der Waals surface area (Å²) in [4.78, 5) is 47.7. The van der Waals surface area contributed by atoms with Gasteiger partial charge in [-0.3, -0.25) is 4.79 Å². The zero-order chi connectivity index (χ0) is 38.0. The summed E-state index contributed by atoms with van der Waals surface area (Å²) in [5, 5.41) is 19.3. The van der Waals surface area contributed by atoms with Gasteiger partial charge in [-0.15, -0.1) is 0 Å². The van der Waals surface area contributed by atoms with E-state index in [-0.39, 0.29) is 36.9 Å². The fourth-order valence-corrected chi connectivity index (χ4v) is 5.20. The highest BCUT2D eigenvalue weighted by molar-refractivity contribution is 5.98. The summed E-state index contributed by atoms with van der Waals surface area (Å²) in [5.41, 5.74) is 0.674. The van der Waals surface area contributed by atoms with Crippen molar-refractivity contribution in [1.29, 1.82) is 10.5 Å². The van der Waals surface area contributed by atoms with E-state index < -0.39 is 42.3 Å². The molecule has 278 valence electrons. The number of hydrogen-bond donors (Lipinski definition) is 0. The van der Waals surface area contributed by atoms with E-state index in [0.29, 0.717) is 68.1 Å². The van der Waals surface area contributed by atoms with Gasteiger partial charge in [0.15, 0.2) is 12.2 Å². The van der Waals surface area contributed by atoms with Crippen molar-refractivity contribution in [3.63, 3.8) is 0 Å². The maximum Gasteiger partial charge on any atom is 0.349 e. The number of ether oxygens (including phenoxy) is 8. The lowest BCUT2D eigenvalue weighted by Gasteiger charge is -2.17. The molecule has 2 fully saturated rings. The third-order valence-electron chi connectivity index (χ3n) is 7.87. The van der Waals surface area contributed by atoms with Crippen molar-refractivity contribution in [3.8, 4) is 23.6 Å². The SMILES string of the molecule is C=CC(=O)OCCCCOc1ccc(/C=C(\C#N)C(=O)O[C@@H]2CO[C@H]3[C@@H]2OC[C@@H]3OC(=O)/C(C#N)=C/c2ccc(OCCCCOC(C)=O)cc2)cc1. The lowest BCUT2D eigenvalue weighted by Crippen LogP contribution is -2.36. The zero-order valence-electron chi connectivity index (χ0n) is 29.2. The summed E-state index contributed by atoms with van der Waals surface area (Å²) in [6.07, 6.45) is 3.37. The van der Waals surface area contributed by atoms with E-state index in [1.165, 1.54) is 19.1 Å². The number of rotatable bonds is 19. The summed E-state index contributed by atoms with van der Waals surface area (Å²) in [6, 6.07) is 17.3. The van der Waals surface area contributed by atoms with Crippen molar-refractivity contribution in [2.24, 2.45) is 0 Å². The van der Waals surface area contributed by atoms with Crippen LogP contribution in [0.25, 0.3) is 12.2 Å². The van der Waals surface area contributed by atoms with Gasteiger partial charge in [-0.1, -0.05) is 30.8 Å². The molecule has 53 heavy (non-hydrogen) atoms. The molecule has 0 N–H and O–H groups in total. The molecule has 2 aliphatic rings. The Morgan fingerprint density at radius 1 is 0.698 bits per heavy atom. The first kappa shape index (κ1) is 39.8. The van der Waals surface area contributed by atoms with E-state index in [9.17, 15) is 29.7 Å². The van der Waals surface area contributed by atoms with Crippen LogP contribution < -0.4 is 9.47 Å². The van der Waals surface area contributed by atoms with E-state index in [2.05, 4.69) is 6.58 Å². The molecule has 2 aliphatic heterocycles. The molecule has 14 heteroatoms. The number of nitriles is 2. The summed E-state index contributed by atoms with van der Waals surface area (Å²) in [6.45, 7) is 6.07. The third-order valence-corrected chi connectivity index (χ3v) is 7.87. The van der Waals surface area contributed by atoms with Crippen molar-refractivity contribution in [3.05, 3.63) is 83.5 Å². The van der Waals surface area contributed by atoms with Crippen LogP contribution in [-0.4, -0.2) is 87.9 Å². The number of hydrogen-bond acceptors (Lipinski definition) is 14. The van der Waals surface area contributed by atoms with Gasteiger partial charge in [-0.05, 0) is 73.2 Å². The predicted molar refractivity (Wildman–Crippen MR) is 187 cm³/mol. The summed E-state index contributed by atoms with van der Waals surface area (Å²) >= 11 is 0. The van der Waals surface area contributed by atoms with Gasteiger partial charge in [-0.2, -0.15) is 10.5 Å². The summed E-state index contributed by atoms with van der Waals surface area (Å²) in [5.74, 6) is -1.32. The number of benzene rings is 2. The van der Waals surface area contributed by atoms with Crippen molar-refractivity contribution < 1.29 is 57.1 Å². The van der Waals surface area contributed by atoms with Gasteiger partial charge in [0.05, 0.1) is 39.6 Å². The van der Waals surface area contributed by atoms with Crippen LogP contribution >= 0.6 is 0 Å². The minimum absolute atomic E-state index is 0.0428. The Labute approximate surface area is 307 Å². The molecule has 2 aromatic carbocycles. The Kier molecular flexibility index (Phi) is 15.6. The average molecular weight is 729 g/mol. The van der Waals surface area contributed by atoms with E-state index in [1.54, 1.807) is 48.5 Å². The second-order valence-electron chi connectivity index (χ2n) is 11.8. The zero-order valence-corrected chi connectivity index (χ0v) is 29.2. The van der Waals surface area contributed by atoms with Crippen LogP contribution in [0.15, 0.2) is 72.3 Å². The number of carbonyl (C=O) groups is 4. The first-order valence-corrected chi connectivity index (χ1v) is 17.0. The molecule has 0 amide bonds. The molecule has 0 aliphatic carbocycles. The van der Waals surface area contributed by atoms with Gasteiger partial charge in [-0.25, -0.2) is 14.4 Å². The Hall–Kier alpha value is -5.96. The van der Waals surface area contributed by atoms with Crippen molar-refractivity contribution in [2.75, 3.05) is 39.6 Å². The Balaban J connectivity index is 1.22. The molecule has 0 unspecified atom stereocenters. The molecule has 14 nitrogen and oxygen atoms in total. The first-order valence-electron chi connectivity index (χ1n) is 17.0. The van der Waals surface area contributed by atoms with Crippen LogP contribution in [0.4, 0.5) is 0 Å². The number of fused-ring (bicyclic) bond motifs is 1. The molecule has 0 saturated carbocycles. The minimum Gasteiger partial charge on any atom is -0.494 e. The lowest BCUT2D eigenvalue weighted by atomic mass is 10.1. The minimum atomic E-state index is -0.867. The molecule has 2 heterocycles. The largest absolute Gasteiger partial charge is 0.494 e. The fourth-order valence-electron chi connectivity index (χ4n) is 5.20. The lowest BCUT2D eigenvalue weighted by molar-refractivity contribution is -0.150. The molecule has 4 rings (SSSR count). The van der Waals surface area contributed by atoms with Crippen LogP contribution in [-0.2, 0) is 47.6 Å². The van der Waals surface area contributed by atoms with Gasteiger partial charge < -0.3 is 37.9 Å². The highest BCUT2D eigenvalue weighted by atomic mass is 16.7. The van der Waals surface area contributed by atoms with Gasteiger partial charge in [0, 0.05) is 13.0 Å².